The third-order valence-corrected chi connectivity index (χ3v) is 10.1. The van der Waals surface area contributed by atoms with Gasteiger partial charge in [0.05, 0.1) is 19.3 Å². The van der Waals surface area contributed by atoms with Gasteiger partial charge in [0.1, 0.15) is 12.8 Å². The second-order valence-electron chi connectivity index (χ2n) is 13.0. The minimum atomic E-state index is -2.21. The smallest absolute Gasteiger partial charge is 0.306 e. The summed E-state index contributed by atoms with van der Waals surface area (Å²) >= 11 is 0. The summed E-state index contributed by atoms with van der Waals surface area (Å²) in [5.41, 5.74) is -4.48. The molecule has 4 rings (SSSR count). The van der Waals surface area contributed by atoms with Crippen molar-refractivity contribution >= 4 is 23.5 Å². The summed E-state index contributed by atoms with van der Waals surface area (Å²) in [5, 5.41) is 37.1. The molecule has 9 atom stereocenters. The molecule has 4 aliphatic rings. The van der Waals surface area contributed by atoms with Crippen LogP contribution in [0.1, 0.15) is 65.7 Å². The van der Waals surface area contributed by atoms with Crippen LogP contribution in [-0.4, -0.2) is 81.7 Å². The normalized spacial score (nSPS) is 35.1. The van der Waals surface area contributed by atoms with Crippen LogP contribution in [0.5, 0.6) is 0 Å². The summed E-state index contributed by atoms with van der Waals surface area (Å²) in [7, 11) is 0. The van der Waals surface area contributed by atoms with Gasteiger partial charge in [0.2, 0.25) is 0 Å². The number of Topliss-reactive ketones (excluding diaryl/α,β-unsaturated/α-hetero) is 1. The van der Waals surface area contributed by atoms with E-state index in [1.807, 2.05) is 13.8 Å². The number of alkyl halides is 2. The number of carboxylic acids is 1. The van der Waals surface area contributed by atoms with Crippen molar-refractivity contribution in [1.82, 2.24) is 0 Å². The first kappa shape index (κ1) is 37.4. The van der Waals surface area contributed by atoms with E-state index in [0.29, 0.717) is 6.42 Å². The lowest BCUT2D eigenvalue weighted by Crippen LogP contribution is -2.68. The van der Waals surface area contributed by atoms with Crippen LogP contribution in [0.3, 0.4) is 0 Å². The molecule has 262 valence electrons. The molecule has 47 heavy (non-hydrogen) atoms. The number of hydrogen-bond donors (Lipinski definition) is 2. The summed E-state index contributed by atoms with van der Waals surface area (Å²) in [6, 6.07) is 0. The second-order valence-corrected chi connectivity index (χ2v) is 13.0. The number of aliphatic carboxylic acids is 1. The van der Waals surface area contributed by atoms with E-state index in [4.69, 9.17) is 9.84 Å². The molecule has 0 aliphatic heterocycles. The Morgan fingerprint density at radius 3 is 2.21 bits per heavy atom. The largest absolute Gasteiger partial charge is 0.481 e. The molecule has 0 heterocycles. The van der Waals surface area contributed by atoms with Gasteiger partial charge in [-0.2, -0.15) is 0 Å². The SMILES string of the molecule is C[C@@H]1CC2C3C[C@H](F)C4=CC(=O)C=CC4(C)[C@@]3(F)C(O)CC2(C)C1C(=O)COC(=O)CCCO[N+](=O)[O-].O=C(O)CCCO[N+](=O)[O-]. The highest BCUT2D eigenvalue weighted by Gasteiger charge is 2.73. The molecule has 0 bridgehead atoms. The number of carboxylic acid groups (broad SMARTS) is 1. The number of carbonyl (C=O) groups is 4. The minimum absolute atomic E-state index is 0.0286. The maximum absolute atomic E-state index is 17.1. The zero-order valence-electron chi connectivity index (χ0n) is 26.3. The van der Waals surface area contributed by atoms with E-state index < -0.39 is 81.0 Å². The fourth-order valence-corrected chi connectivity index (χ4v) is 8.29. The highest BCUT2D eigenvalue weighted by molar-refractivity contribution is 6.01. The average molecular weight is 675 g/mol. The topological polar surface area (TPSA) is 223 Å². The number of hydrogen-bond acceptors (Lipinski definition) is 12. The quantitative estimate of drug-likeness (QED) is 0.124. The first-order valence-corrected chi connectivity index (χ1v) is 15.3. The van der Waals surface area contributed by atoms with Gasteiger partial charge in [-0.15, -0.1) is 20.2 Å². The molecule has 6 unspecified atom stereocenters. The summed E-state index contributed by atoms with van der Waals surface area (Å²) in [4.78, 5) is 74.7. The number of esters is 1. The Morgan fingerprint density at radius 2 is 1.64 bits per heavy atom. The van der Waals surface area contributed by atoms with E-state index in [1.165, 1.54) is 19.1 Å². The zero-order valence-corrected chi connectivity index (χ0v) is 26.3. The van der Waals surface area contributed by atoms with Gasteiger partial charge < -0.3 is 24.6 Å². The van der Waals surface area contributed by atoms with Crippen molar-refractivity contribution in [2.45, 2.75) is 83.7 Å². The van der Waals surface area contributed by atoms with E-state index in [9.17, 15) is 44.5 Å². The van der Waals surface area contributed by atoms with Crippen molar-refractivity contribution < 1.29 is 62.8 Å². The fraction of sp³-hybridized carbons (Fsp3) is 0.733. The molecule has 4 aliphatic carbocycles. The maximum atomic E-state index is 17.1. The maximum Gasteiger partial charge on any atom is 0.306 e. The van der Waals surface area contributed by atoms with Crippen LogP contribution in [-0.2, 0) is 33.6 Å². The Labute approximate surface area is 268 Å². The number of ether oxygens (including phenoxy) is 1. The van der Waals surface area contributed by atoms with E-state index in [1.54, 1.807) is 0 Å². The van der Waals surface area contributed by atoms with E-state index >= 15 is 8.78 Å². The van der Waals surface area contributed by atoms with E-state index in [0.717, 1.165) is 6.08 Å². The second kappa shape index (κ2) is 14.8. The first-order valence-electron chi connectivity index (χ1n) is 15.3. The minimum Gasteiger partial charge on any atom is -0.481 e. The molecule has 0 amide bonds. The average Bonchev–Trinajstić information content (AvgIpc) is 3.24. The van der Waals surface area contributed by atoms with Crippen molar-refractivity contribution in [3.05, 3.63) is 44.0 Å². The molecular formula is C30H40F2N2O13. The Kier molecular flexibility index (Phi) is 11.8. The van der Waals surface area contributed by atoms with Crippen molar-refractivity contribution in [1.29, 1.82) is 0 Å². The van der Waals surface area contributed by atoms with Crippen molar-refractivity contribution in [2.24, 2.45) is 34.5 Å². The standard InChI is InChI=1S/C26H33F2NO8.C4H7NO5/c1-14-9-16-17-11-19(27)18-10-15(30)6-7-25(18,3)26(17,28)21(32)12-24(16,2)23(14)20(31)13-36-22(33)5-4-8-37-29(34)35;6-4(7)2-1-3-10-5(8)9/h6-7,10,14,16-17,19,21,23,32H,4-5,8-9,11-13H2,1-3H3;1-3H2,(H,6,7)/t14-,16?,17?,19+,21?,23?,24?,25?,26+;/m1./s1. The lowest BCUT2D eigenvalue weighted by atomic mass is 9.45. The number of fused-ring (bicyclic) bond motifs is 5. The first-order chi connectivity index (χ1) is 21.9. The van der Waals surface area contributed by atoms with Gasteiger partial charge in [0, 0.05) is 30.1 Å². The Morgan fingerprint density at radius 1 is 1.04 bits per heavy atom. The Bertz CT molecular complexity index is 1310. The van der Waals surface area contributed by atoms with Crippen LogP contribution in [0.2, 0.25) is 0 Å². The number of rotatable bonds is 13. The molecule has 0 aromatic rings. The highest BCUT2D eigenvalue weighted by atomic mass is 19.1. The van der Waals surface area contributed by atoms with E-state index in [-0.39, 0.29) is 69.0 Å². The number of nitrogens with zero attached hydrogens (tertiary/aromatic N) is 2. The predicted octanol–water partition coefficient (Wildman–Crippen LogP) is 3.33. The number of carbonyl (C=O) groups excluding carboxylic acids is 3. The molecule has 3 fully saturated rings. The molecule has 17 heteroatoms. The molecule has 0 spiro atoms. The molecule has 0 aromatic carbocycles. The third-order valence-electron chi connectivity index (χ3n) is 10.1. The van der Waals surface area contributed by atoms with Crippen molar-refractivity contribution in [3.8, 4) is 0 Å². The van der Waals surface area contributed by atoms with Crippen LogP contribution in [0.4, 0.5) is 8.78 Å². The Hall–Kier alpha value is -4.02. The number of aliphatic hydroxyl groups is 1. The van der Waals surface area contributed by atoms with Gasteiger partial charge in [0.25, 0.3) is 10.2 Å². The number of aliphatic hydroxyl groups excluding tert-OH is 1. The van der Waals surface area contributed by atoms with Crippen LogP contribution >= 0.6 is 0 Å². The summed E-state index contributed by atoms with van der Waals surface area (Å²) in [6.07, 6.45) is 0.892. The lowest BCUT2D eigenvalue weighted by molar-refractivity contribution is -0.757. The molecule has 0 radical (unpaired) electrons. The van der Waals surface area contributed by atoms with Crippen LogP contribution in [0.15, 0.2) is 23.8 Å². The van der Waals surface area contributed by atoms with E-state index in [2.05, 4.69) is 9.68 Å². The monoisotopic (exact) mass is 674 g/mol. The van der Waals surface area contributed by atoms with Crippen molar-refractivity contribution in [3.63, 3.8) is 0 Å². The lowest BCUT2D eigenvalue weighted by Gasteiger charge is -2.62. The van der Waals surface area contributed by atoms with Gasteiger partial charge in [-0.3, -0.25) is 19.2 Å². The van der Waals surface area contributed by atoms with Gasteiger partial charge >= 0.3 is 11.9 Å². The van der Waals surface area contributed by atoms with Gasteiger partial charge in [0.15, 0.2) is 17.2 Å². The number of allylic oxidation sites excluding steroid dienone is 4. The third kappa shape index (κ3) is 7.76. The number of halogens is 2. The van der Waals surface area contributed by atoms with Crippen molar-refractivity contribution in [2.75, 3.05) is 19.8 Å². The molecule has 0 aromatic heterocycles. The molecule has 0 saturated heterocycles. The molecule has 15 nitrogen and oxygen atoms in total. The fourth-order valence-electron chi connectivity index (χ4n) is 8.29. The van der Waals surface area contributed by atoms with Gasteiger partial charge in [-0.25, -0.2) is 8.78 Å². The summed E-state index contributed by atoms with van der Waals surface area (Å²) < 4.78 is 37.7. The van der Waals surface area contributed by atoms with Crippen LogP contribution in [0, 0.1) is 54.7 Å². The summed E-state index contributed by atoms with van der Waals surface area (Å²) in [6.45, 7) is 4.29. The molecule has 2 N–H and O–H groups in total. The van der Waals surface area contributed by atoms with Crippen LogP contribution in [0.25, 0.3) is 0 Å². The number of ketones is 2. The zero-order chi connectivity index (χ0) is 35.3. The molecular weight excluding hydrogens is 634 g/mol. The molecule has 3 saturated carbocycles. The van der Waals surface area contributed by atoms with Gasteiger partial charge in [-0.1, -0.05) is 19.9 Å². The van der Waals surface area contributed by atoms with Gasteiger partial charge in [-0.05, 0) is 74.0 Å². The predicted molar refractivity (Wildman–Crippen MR) is 155 cm³/mol. The highest BCUT2D eigenvalue weighted by Crippen LogP contribution is 2.70. The van der Waals surface area contributed by atoms with Crippen LogP contribution < -0.4 is 0 Å². The summed E-state index contributed by atoms with van der Waals surface area (Å²) in [5.74, 6) is -4.56. The Balaban J connectivity index is 0.000000520.